The Labute approximate surface area is 171 Å². The largest absolute Gasteiger partial charge is 0.493 e. The van der Waals surface area contributed by atoms with Gasteiger partial charge in [-0.25, -0.2) is 9.80 Å². The summed E-state index contributed by atoms with van der Waals surface area (Å²) >= 11 is 6.11. The SMILES string of the molecule is COc1cc(/C=C2\C(=O)NN(c3ccc(C)c(Cl)c3)C2=O)ccc1OCC(=O)O. The van der Waals surface area contributed by atoms with Crippen molar-refractivity contribution >= 4 is 41.1 Å². The molecule has 0 unspecified atom stereocenters. The summed E-state index contributed by atoms with van der Waals surface area (Å²) in [6.07, 6.45) is 1.41. The molecule has 9 heteroatoms. The topological polar surface area (TPSA) is 105 Å². The third-order valence-corrected chi connectivity index (χ3v) is 4.56. The van der Waals surface area contributed by atoms with Crippen molar-refractivity contribution < 1.29 is 29.0 Å². The Hall–Kier alpha value is -3.52. The summed E-state index contributed by atoms with van der Waals surface area (Å²) in [4.78, 5) is 35.7. The van der Waals surface area contributed by atoms with Gasteiger partial charge in [0.1, 0.15) is 5.57 Å². The van der Waals surface area contributed by atoms with Gasteiger partial charge in [0.2, 0.25) is 0 Å². The quantitative estimate of drug-likeness (QED) is 0.554. The minimum atomic E-state index is -1.12. The van der Waals surface area contributed by atoms with Gasteiger partial charge in [0, 0.05) is 5.02 Å². The number of rotatable bonds is 6. The molecule has 0 radical (unpaired) electrons. The number of carbonyl (C=O) groups is 3. The zero-order valence-electron chi connectivity index (χ0n) is 15.6. The number of aryl methyl sites for hydroxylation is 1. The van der Waals surface area contributed by atoms with Crippen LogP contribution in [0.5, 0.6) is 11.5 Å². The maximum atomic E-state index is 12.7. The molecule has 2 N–H and O–H groups in total. The lowest BCUT2D eigenvalue weighted by Crippen LogP contribution is -2.35. The molecule has 2 aromatic rings. The Bertz CT molecular complexity index is 1030. The smallest absolute Gasteiger partial charge is 0.341 e. The summed E-state index contributed by atoms with van der Waals surface area (Å²) in [5.41, 5.74) is 4.24. The molecule has 2 amide bonds. The number of nitrogens with zero attached hydrogens (tertiary/aromatic N) is 1. The Morgan fingerprint density at radius 3 is 2.62 bits per heavy atom. The summed E-state index contributed by atoms with van der Waals surface area (Å²) in [7, 11) is 1.40. The van der Waals surface area contributed by atoms with E-state index in [9.17, 15) is 14.4 Å². The molecule has 1 aliphatic rings. The third kappa shape index (κ3) is 4.33. The zero-order valence-corrected chi connectivity index (χ0v) is 16.3. The first-order valence-corrected chi connectivity index (χ1v) is 8.84. The second kappa shape index (κ2) is 8.24. The molecule has 3 rings (SSSR count). The van der Waals surface area contributed by atoms with Crippen LogP contribution in [0.15, 0.2) is 42.0 Å². The highest BCUT2D eigenvalue weighted by Crippen LogP contribution is 2.30. The molecule has 1 fully saturated rings. The molecule has 29 heavy (non-hydrogen) atoms. The van der Waals surface area contributed by atoms with E-state index in [1.807, 2.05) is 6.92 Å². The number of carboxylic acids is 1. The predicted octanol–water partition coefficient (Wildman–Crippen LogP) is 2.58. The minimum Gasteiger partial charge on any atom is -0.493 e. The molecule has 0 spiro atoms. The summed E-state index contributed by atoms with van der Waals surface area (Å²) < 4.78 is 10.3. The highest BCUT2D eigenvalue weighted by atomic mass is 35.5. The first kappa shape index (κ1) is 20.2. The molecule has 0 atom stereocenters. The molecule has 1 aliphatic heterocycles. The van der Waals surface area contributed by atoms with Crippen LogP contribution in [-0.4, -0.2) is 36.6 Å². The normalized spacial score (nSPS) is 14.9. The second-order valence-corrected chi connectivity index (χ2v) is 6.57. The fourth-order valence-corrected chi connectivity index (χ4v) is 2.83. The maximum Gasteiger partial charge on any atom is 0.341 e. The first-order chi connectivity index (χ1) is 13.8. The number of hydrogen-bond donors (Lipinski definition) is 2. The lowest BCUT2D eigenvalue weighted by molar-refractivity contribution is -0.139. The number of ether oxygens (including phenoxy) is 2. The van der Waals surface area contributed by atoms with E-state index in [1.54, 1.807) is 24.3 Å². The number of hydrazine groups is 1. The summed E-state index contributed by atoms with van der Waals surface area (Å²) in [5, 5.41) is 10.3. The fourth-order valence-electron chi connectivity index (χ4n) is 2.66. The molecule has 150 valence electrons. The van der Waals surface area contributed by atoms with Gasteiger partial charge in [-0.1, -0.05) is 23.7 Å². The number of methoxy groups -OCH3 is 1. The fraction of sp³-hybridized carbons (Fsp3) is 0.150. The van der Waals surface area contributed by atoms with Crippen LogP contribution in [0.3, 0.4) is 0 Å². The first-order valence-electron chi connectivity index (χ1n) is 8.46. The van der Waals surface area contributed by atoms with Crippen LogP contribution in [0.1, 0.15) is 11.1 Å². The average Bonchev–Trinajstić information content (AvgIpc) is 2.97. The lowest BCUT2D eigenvalue weighted by atomic mass is 10.1. The standard InChI is InChI=1S/C20H17ClN2O6/c1-11-3-5-13(9-15(11)21)23-20(27)14(19(26)22-23)7-12-4-6-16(17(8-12)28-2)29-10-18(24)25/h3-9H,10H2,1-2H3,(H,22,26)(H,24,25)/b14-7+. The van der Waals surface area contributed by atoms with Gasteiger partial charge in [-0.3, -0.25) is 15.0 Å². The van der Waals surface area contributed by atoms with E-state index < -0.39 is 24.4 Å². The molecule has 2 aromatic carbocycles. The number of amides is 2. The van der Waals surface area contributed by atoms with E-state index in [0.29, 0.717) is 16.3 Å². The van der Waals surface area contributed by atoms with Crippen LogP contribution in [0.25, 0.3) is 6.08 Å². The van der Waals surface area contributed by atoms with E-state index in [-0.39, 0.29) is 17.1 Å². The molecular weight excluding hydrogens is 400 g/mol. The van der Waals surface area contributed by atoms with Crippen molar-refractivity contribution in [2.45, 2.75) is 6.92 Å². The van der Waals surface area contributed by atoms with Crippen molar-refractivity contribution in [1.82, 2.24) is 5.43 Å². The van der Waals surface area contributed by atoms with Gasteiger partial charge in [0.25, 0.3) is 11.8 Å². The second-order valence-electron chi connectivity index (χ2n) is 6.17. The lowest BCUT2D eigenvalue weighted by Gasteiger charge is -2.15. The number of nitrogens with one attached hydrogen (secondary N) is 1. The summed E-state index contributed by atoms with van der Waals surface area (Å²) in [5.74, 6) is -1.71. The van der Waals surface area contributed by atoms with Gasteiger partial charge >= 0.3 is 5.97 Å². The minimum absolute atomic E-state index is 0.0667. The molecular formula is C20H17ClN2O6. The number of anilines is 1. The van der Waals surface area contributed by atoms with Gasteiger partial charge < -0.3 is 14.6 Å². The van der Waals surface area contributed by atoms with Crippen LogP contribution in [0, 0.1) is 6.92 Å². The molecule has 0 aromatic heterocycles. The van der Waals surface area contributed by atoms with Gasteiger partial charge in [-0.2, -0.15) is 0 Å². The Balaban J connectivity index is 1.87. The molecule has 0 bridgehead atoms. The van der Waals surface area contributed by atoms with Crippen LogP contribution in [-0.2, 0) is 14.4 Å². The Kier molecular flexibility index (Phi) is 5.74. The maximum absolute atomic E-state index is 12.7. The number of benzene rings is 2. The van der Waals surface area contributed by atoms with Crippen molar-refractivity contribution in [1.29, 1.82) is 0 Å². The summed E-state index contributed by atoms with van der Waals surface area (Å²) in [6.45, 7) is 1.31. The van der Waals surface area contributed by atoms with Gasteiger partial charge in [-0.05, 0) is 48.4 Å². The van der Waals surface area contributed by atoms with Crippen LogP contribution in [0.2, 0.25) is 5.02 Å². The number of carboxylic acid groups (broad SMARTS) is 1. The van der Waals surface area contributed by atoms with E-state index in [1.165, 1.54) is 25.3 Å². The average molecular weight is 417 g/mol. The Morgan fingerprint density at radius 1 is 1.21 bits per heavy atom. The van der Waals surface area contributed by atoms with Crippen molar-refractivity contribution in [3.63, 3.8) is 0 Å². The zero-order chi connectivity index (χ0) is 21.1. The highest BCUT2D eigenvalue weighted by Gasteiger charge is 2.34. The van der Waals surface area contributed by atoms with Gasteiger partial charge in [0.05, 0.1) is 12.8 Å². The van der Waals surface area contributed by atoms with Crippen LogP contribution >= 0.6 is 11.6 Å². The molecule has 0 saturated carbocycles. The summed E-state index contributed by atoms with van der Waals surface area (Å²) in [6, 6.07) is 9.65. The van der Waals surface area contributed by atoms with Crippen molar-refractivity contribution in [3.8, 4) is 11.5 Å². The number of carbonyl (C=O) groups excluding carboxylic acids is 2. The Morgan fingerprint density at radius 2 is 1.97 bits per heavy atom. The van der Waals surface area contributed by atoms with E-state index in [4.69, 9.17) is 26.2 Å². The predicted molar refractivity (Wildman–Crippen MR) is 106 cm³/mol. The van der Waals surface area contributed by atoms with E-state index in [2.05, 4.69) is 5.43 Å². The highest BCUT2D eigenvalue weighted by molar-refractivity contribution is 6.33. The van der Waals surface area contributed by atoms with E-state index >= 15 is 0 Å². The van der Waals surface area contributed by atoms with Crippen LogP contribution < -0.4 is 19.9 Å². The number of aliphatic carboxylic acids is 1. The molecule has 0 aliphatic carbocycles. The molecule has 1 saturated heterocycles. The number of halogens is 1. The van der Waals surface area contributed by atoms with Crippen LogP contribution in [0.4, 0.5) is 5.69 Å². The third-order valence-electron chi connectivity index (χ3n) is 4.15. The van der Waals surface area contributed by atoms with Gasteiger partial charge in [0.15, 0.2) is 18.1 Å². The van der Waals surface area contributed by atoms with E-state index in [0.717, 1.165) is 10.6 Å². The van der Waals surface area contributed by atoms with Crippen molar-refractivity contribution in [3.05, 3.63) is 58.1 Å². The monoisotopic (exact) mass is 416 g/mol. The molecule has 8 nitrogen and oxygen atoms in total. The van der Waals surface area contributed by atoms with Gasteiger partial charge in [-0.15, -0.1) is 0 Å². The van der Waals surface area contributed by atoms with Crippen molar-refractivity contribution in [2.75, 3.05) is 18.7 Å². The van der Waals surface area contributed by atoms with Crippen molar-refractivity contribution in [2.24, 2.45) is 0 Å². The molecule has 1 heterocycles. The number of hydrogen-bond acceptors (Lipinski definition) is 5.